The molecule has 0 aliphatic rings. The van der Waals surface area contributed by atoms with E-state index in [4.69, 9.17) is 4.74 Å². The van der Waals surface area contributed by atoms with Crippen LogP contribution in [0.2, 0.25) is 0 Å². The largest absolute Gasteiger partial charge is 0.491 e. The highest BCUT2D eigenvalue weighted by Gasteiger charge is 2.24. The number of nitrogens with zero attached hydrogens (tertiary/aromatic N) is 3. The number of Topliss-reactive ketones (excluding diaryl/α,β-unsaturated/α-hetero) is 1. The van der Waals surface area contributed by atoms with Crippen molar-refractivity contribution < 1.29 is 9.53 Å². The van der Waals surface area contributed by atoms with E-state index >= 15 is 0 Å². The molecule has 138 valence electrons. The Morgan fingerprint density at radius 3 is 2.14 bits per heavy atom. The molecule has 0 saturated heterocycles. The summed E-state index contributed by atoms with van der Waals surface area (Å²) in [5, 5.41) is 8.50. The van der Waals surface area contributed by atoms with E-state index in [1.165, 1.54) is 0 Å². The Morgan fingerprint density at radius 1 is 0.857 bits per heavy atom. The molecular weight excluding hydrogens is 350 g/mol. The number of hydrogen-bond acceptors (Lipinski definition) is 4. The predicted octanol–water partition coefficient (Wildman–Crippen LogP) is 4.68. The van der Waals surface area contributed by atoms with Crippen molar-refractivity contribution in [2.45, 2.75) is 6.92 Å². The molecule has 0 amide bonds. The third kappa shape index (κ3) is 3.30. The van der Waals surface area contributed by atoms with Crippen LogP contribution in [0, 0.1) is 0 Å². The number of aromatic nitrogens is 3. The molecule has 0 N–H and O–H groups in total. The predicted molar refractivity (Wildman–Crippen MR) is 109 cm³/mol. The van der Waals surface area contributed by atoms with Crippen LogP contribution in [-0.2, 0) is 4.74 Å². The number of para-hydroxylation sites is 1. The molecular formula is C23H19N3O2. The molecule has 0 saturated carbocycles. The number of fused-ring (bicyclic) bond motifs is 1. The van der Waals surface area contributed by atoms with Gasteiger partial charge in [0.05, 0.1) is 12.1 Å². The Balaban J connectivity index is 2.01. The van der Waals surface area contributed by atoms with Gasteiger partial charge in [0.15, 0.2) is 11.5 Å². The van der Waals surface area contributed by atoms with Crippen molar-refractivity contribution in [2.75, 3.05) is 6.61 Å². The van der Waals surface area contributed by atoms with E-state index in [-0.39, 0.29) is 5.78 Å². The van der Waals surface area contributed by atoms with Crippen LogP contribution >= 0.6 is 0 Å². The molecule has 0 aliphatic heterocycles. The van der Waals surface area contributed by atoms with Gasteiger partial charge in [-0.05, 0) is 19.1 Å². The summed E-state index contributed by atoms with van der Waals surface area (Å²) in [6, 6.07) is 26.3. The van der Waals surface area contributed by atoms with Crippen molar-refractivity contribution in [3.05, 3.63) is 96.1 Å². The van der Waals surface area contributed by atoms with Gasteiger partial charge in [0.1, 0.15) is 5.52 Å². The van der Waals surface area contributed by atoms with E-state index in [0.717, 1.165) is 11.1 Å². The summed E-state index contributed by atoms with van der Waals surface area (Å²) in [6.45, 7) is 2.31. The lowest BCUT2D eigenvalue weighted by Gasteiger charge is -2.16. The van der Waals surface area contributed by atoms with Gasteiger partial charge in [-0.2, -0.15) is 0 Å². The number of carbonyl (C=O) groups excluding carboxylic acids is 1. The molecule has 28 heavy (non-hydrogen) atoms. The molecule has 0 radical (unpaired) electrons. The molecule has 0 fully saturated rings. The number of benzene rings is 3. The van der Waals surface area contributed by atoms with E-state index < -0.39 is 0 Å². The summed E-state index contributed by atoms with van der Waals surface area (Å²) in [6.07, 6.45) is 0. The standard InChI is InChI=1S/C23H19N3O2/c1-2-28-23(18-13-7-4-8-14-18)21(22(27)17-11-5-3-6-12-17)26-20-16-10-9-15-19(20)24-25-26/h3-16H,2H2,1H3/b23-21+. The van der Waals surface area contributed by atoms with E-state index in [1.807, 2.05) is 79.7 Å². The molecule has 1 aromatic heterocycles. The number of ketones is 1. The maximum absolute atomic E-state index is 13.6. The Bertz CT molecular complexity index is 1130. The van der Waals surface area contributed by atoms with Gasteiger partial charge < -0.3 is 4.74 Å². The fourth-order valence-electron chi connectivity index (χ4n) is 3.08. The minimum absolute atomic E-state index is 0.177. The van der Waals surface area contributed by atoms with E-state index in [9.17, 15) is 4.79 Å². The van der Waals surface area contributed by atoms with E-state index in [2.05, 4.69) is 10.3 Å². The maximum Gasteiger partial charge on any atom is 0.215 e. The Labute approximate surface area is 162 Å². The molecule has 4 aromatic rings. The van der Waals surface area contributed by atoms with Crippen LogP contribution in [0.5, 0.6) is 0 Å². The fourth-order valence-corrected chi connectivity index (χ4v) is 3.08. The number of hydrogen-bond donors (Lipinski definition) is 0. The van der Waals surface area contributed by atoms with Crippen LogP contribution in [0.4, 0.5) is 0 Å². The highest BCUT2D eigenvalue weighted by Crippen LogP contribution is 2.28. The number of carbonyl (C=O) groups is 1. The van der Waals surface area contributed by atoms with Gasteiger partial charge in [0.2, 0.25) is 5.78 Å². The summed E-state index contributed by atoms with van der Waals surface area (Å²) < 4.78 is 7.55. The van der Waals surface area contributed by atoms with E-state index in [0.29, 0.717) is 29.1 Å². The van der Waals surface area contributed by atoms with Crippen LogP contribution in [0.1, 0.15) is 22.8 Å². The highest BCUT2D eigenvalue weighted by molar-refractivity contribution is 6.29. The number of ether oxygens (including phenoxy) is 1. The van der Waals surface area contributed by atoms with Gasteiger partial charge in [0, 0.05) is 11.1 Å². The first-order valence-corrected chi connectivity index (χ1v) is 9.12. The van der Waals surface area contributed by atoms with Crippen molar-refractivity contribution in [1.29, 1.82) is 0 Å². The lowest BCUT2D eigenvalue weighted by molar-refractivity contribution is 0.104. The average Bonchev–Trinajstić information content (AvgIpc) is 3.18. The Morgan fingerprint density at radius 2 is 1.46 bits per heavy atom. The van der Waals surface area contributed by atoms with Gasteiger partial charge >= 0.3 is 0 Å². The van der Waals surface area contributed by atoms with Crippen LogP contribution in [0.25, 0.3) is 22.5 Å². The normalized spacial score (nSPS) is 11.9. The quantitative estimate of drug-likeness (QED) is 0.281. The SMILES string of the molecule is CCO/C(=C(\C(=O)c1ccccc1)n1nnc2ccccc21)c1ccccc1. The van der Waals surface area contributed by atoms with Gasteiger partial charge in [-0.15, -0.1) is 5.10 Å². The third-order valence-electron chi connectivity index (χ3n) is 4.35. The van der Waals surface area contributed by atoms with Crippen molar-refractivity contribution in [3.8, 4) is 0 Å². The fraction of sp³-hybridized carbons (Fsp3) is 0.0870. The van der Waals surface area contributed by atoms with Crippen molar-refractivity contribution in [3.63, 3.8) is 0 Å². The highest BCUT2D eigenvalue weighted by atomic mass is 16.5. The van der Waals surface area contributed by atoms with Gasteiger partial charge in [-0.1, -0.05) is 78.0 Å². The Hall–Kier alpha value is -3.73. The summed E-state index contributed by atoms with van der Waals surface area (Å²) in [5.41, 5.74) is 3.17. The molecule has 4 rings (SSSR count). The zero-order valence-corrected chi connectivity index (χ0v) is 15.4. The molecule has 0 aliphatic carbocycles. The number of allylic oxidation sites excluding steroid dienone is 1. The molecule has 0 spiro atoms. The minimum atomic E-state index is -0.177. The topological polar surface area (TPSA) is 57.0 Å². The van der Waals surface area contributed by atoms with Gasteiger partial charge in [-0.25, -0.2) is 4.68 Å². The Kier molecular flexibility index (Phi) is 4.97. The zero-order chi connectivity index (χ0) is 19.3. The molecule has 5 heteroatoms. The molecule has 5 nitrogen and oxygen atoms in total. The second-order valence-corrected chi connectivity index (χ2v) is 6.16. The molecule has 0 bridgehead atoms. The van der Waals surface area contributed by atoms with E-state index in [1.54, 1.807) is 16.8 Å². The first kappa shape index (κ1) is 17.7. The second-order valence-electron chi connectivity index (χ2n) is 6.16. The van der Waals surface area contributed by atoms with Gasteiger partial charge in [-0.3, -0.25) is 4.79 Å². The van der Waals surface area contributed by atoms with Crippen molar-refractivity contribution in [1.82, 2.24) is 15.0 Å². The van der Waals surface area contributed by atoms with Crippen LogP contribution < -0.4 is 0 Å². The van der Waals surface area contributed by atoms with Crippen LogP contribution in [0.15, 0.2) is 84.9 Å². The molecule has 0 unspecified atom stereocenters. The van der Waals surface area contributed by atoms with Crippen molar-refractivity contribution >= 4 is 28.3 Å². The maximum atomic E-state index is 13.6. The third-order valence-corrected chi connectivity index (χ3v) is 4.35. The number of rotatable bonds is 6. The lowest BCUT2D eigenvalue weighted by atomic mass is 10.0. The lowest BCUT2D eigenvalue weighted by Crippen LogP contribution is -2.15. The van der Waals surface area contributed by atoms with Crippen LogP contribution in [-0.4, -0.2) is 27.4 Å². The summed E-state index contributed by atoms with van der Waals surface area (Å²) in [4.78, 5) is 13.6. The average molecular weight is 369 g/mol. The smallest absolute Gasteiger partial charge is 0.215 e. The molecule has 0 atom stereocenters. The summed E-state index contributed by atoms with van der Waals surface area (Å²) in [5.74, 6) is 0.302. The first-order chi connectivity index (χ1) is 13.8. The summed E-state index contributed by atoms with van der Waals surface area (Å²) >= 11 is 0. The minimum Gasteiger partial charge on any atom is -0.491 e. The van der Waals surface area contributed by atoms with Crippen molar-refractivity contribution in [2.24, 2.45) is 0 Å². The van der Waals surface area contributed by atoms with Gasteiger partial charge in [0.25, 0.3) is 0 Å². The second kappa shape index (κ2) is 7.88. The zero-order valence-electron chi connectivity index (χ0n) is 15.4. The molecule has 1 heterocycles. The van der Waals surface area contributed by atoms with Crippen LogP contribution in [0.3, 0.4) is 0 Å². The monoisotopic (exact) mass is 369 g/mol. The molecule has 3 aromatic carbocycles. The first-order valence-electron chi connectivity index (χ1n) is 9.12. The summed E-state index contributed by atoms with van der Waals surface area (Å²) in [7, 11) is 0.